The first kappa shape index (κ1) is 19.1. The number of aromatic nitrogens is 3. The van der Waals surface area contributed by atoms with E-state index >= 15 is 0 Å². The van der Waals surface area contributed by atoms with Crippen LogP contribution in [0, 0.1) is 0 Å². The Labute approximate surface area is 169 Å². The molecule has 146 valence electrons. The maximum absolute atomic E-state index is 13.8. The number of fused-ring (bicyclic) bond motifs is 1. The molecule has 0 saturated heterocycles. The SMILES string of the molecule is FC(F)(F)C(Nc1nc(Cl)nc2cccc(-c3ccccc3)c12)c1ccccn1. The summed E-state index contributed by atoms with van der Waals surface area (Å²) in [5, 5.41) is 2.81. The fraction of sp³-hybridized carbons (Fsp3) is 0.0952. The number of pyridine rings is 1. The van der Waals surface area contributed by atoms with Crippen molar-refractivity contribution in [2.75, 3.05) is 5.32 Å². The Hall–Kier alpha value is -3.19. The zero-order valence-electron chi connectivity index (χ0n) is 14.9. The van der Waals surface area contributed by atoms with E-state index in [0.717, 1.165) is 5.56 Å². The Kier molecular flexibility index (Phi) is 5.07. The quantitative estimate of drug-likeness (QED) is 0.412. The standard InChI is InChI=1S/C21H14ClF3N4/c22-20-27-15-11-6-9-14(13-7-2-1-3-8-13)17(15)19(29-20)28-18(21(23,24)25)16-10-4-5-12-26-16/h1-12,18H,(H,27,28,29). The van der Waals surface area contributed by atoms with E-state index in [1.54, 1.807) is 18.2 Å². The Bertz CT molecular complexity index is 1140. The van der Waals surface area contributed by atoms with Gasteiger partial charge in [-0.25, -0.2) is 9.97 Å². The molecule has 0 amide bonds. The van der Waals surface area contributed by atoms with Gasteiger partial charge in [0.05, 0.1) is 16.6 Å². The van der Waals surface area contributed by atoms with Crippen LogP contribution in [0.1, 0.15) is 11.7 Å². The van der Waals surface area contributed by atoms with Crippen LogP contribution < -0.4 is 5.32 Å². The summed E-state index contributed by atoms with van der Waals surface area (Å²) in [7, 11) is 0. The second-order valence-electron chi connectivity index (χ2n) is 6.28. The molecule has 8 heteroatoms. The van der Waals surface area contributed by atoms with Crippen molar-refractivity contribution in [2.45, 2.75) is 12.2 Å². The molecule has 1 unspecified atom stereocenters. The number of nitrogens with one attached hydrogen (secondary N) is 1. The van der Waals surface area contributed by atoms with E-state index in [1.165, 1.54) is 18.3 Å². The Balaban J connectivity index is 1.91. The summed E-state index contributed by atoms with van der Waals surface area (Å²) in [6, 6.07) is 16.9. The maximum atomic E-state index is 13.8. The molecule has 2 aromatic carbocycles. The Morgan fingerprint density at radius 3 is 2.31 bits per heavy atom. The highest BCUT2D eigenvalue weighted by Crippen LogP contribution is 2.38. The van der Waals surface area contributed by atoms with Crippen LogP contribution in [0.4, 0.5) is 19.0 Å². The summed E-state index contributed by atoms with van der Waals surface area (Å²) in [6.45, 7) is 0. The van der Waals surface area contributed by atoms with E-state index in [-0.39, 0.29) is 16.8 Å². The zero-order valence-corrected chi connectivity index (χ0v) is 15.6. The topological polar surface area (TPSA) is 50.7 Å². The fourth-order valence-corrected chi connectivity index (χ4v) is 3.30. The summed E-state index contributed by atoms with van der Waals surface area (Å²) in [5.41, 5.74) is 1.80. The predicted molar refractivity (Wildman–Crippen MR) is 107 cm³/mol. The number of anilines is 1. The summed E-state index contributed by atoms with van der Waals surface area (Å²) in [5.74, 6) is -0.00701. The number of rotatable bonds is 4. The normalized spacial score (nSPS) is 12.7. The van der Waals surface area contributed by atoms with Gasteiger partial charge in [-0.1, -0.05) is 48.5 Å². The Morgan fingerprint density at radius 1 is 0.862 bits per heavy atom. The number of nitrogens with zero attached hydrogens (tertiary/aromatic N) is 3. The van der Waals surface area contributed by atoms with Crippen molar-refractivity contribution in [3.05, 3.63) is 83.9 Å². The van der Waals surface area contributed by atoms with Gasteiger partial charge in [-0.3, -0.25) is 4.98 Å². The van der Waals surface area contributed by atoms with E-state index in [0.29, 0.717) is 16.5 Å². The molecule has 0 aliphatic rings. The van der Waals surface area contributed by atoms with Gasteiger partial charge in [0.1, 0.15) is 5.82 Å². The van der Waals surface area contributed by atoms with Gasteiger partial charge in [0.15, 0.2) is 6.04 Å². The molecule has 1 atom stereocenters. The minimum atomic E-state index is -4.60. The van der Waals surface area contributed by atoms with E-state index < -0.39 is 12.2 Å². The molecule has 29 heavy (non-hydrogen) atoms. The monoisotopic (exact) mass is 414 g/mol. The van der Waals surface area contributed by atoms with Crippen LogP contribution in [0.3, 0.4) is 0 Å². The van der Waals surface area contributed by atoms with Crippen LogP contribution in [-0.2, 0) is 0 Å². The average molecular weight is 415 g/mol. The van der Waals surface area contributed by atoms with Gasteiger partial charge in [0.25, 0.3) is 0 Å². The maximum Gasteiger partial charge on any atom is 0.414 e. The van der Waals surface area contributed by atoms with Crippen LogP contribution >= 0.6 is 11.6 Å². The minimum Gasteiger partial charge on any atom is -0.353 e. The molecule has 2 heterocycles. The summed E-state index contributed by atoms with van der Waals surface area (Å²) < 4.78 is 41.5. The fourth-order valence-electron chi connectivity index (χ4n) is 3.12. The molecule has 4 aromatic rings. The van der Waals surface area contributed by atoms with Crippen molar-refractivity contribution in [3.8, 4) is 11.1 Å². The molecule has 0 fully saturated rings. The molecule has 0 spiro atoms. The summed E-state index contributed by atoms with van der Waals surface area (Å²) in [4.78, 5) is 12.1. The highest BCUT2D eigenvalue weighted by atomic mass is 35.5. The molecular formula is C21H14ClF3N4. The zero-order chi connectivity index (χ0) is 20.4. The Morgan fingerprint density at radius 2 is 1.62 bits per heavy atom. The highest BCUT2D eigenvalue weighted by molar-refractivity contribution is 6.29. The van der Waals surface area contributed by atoms with Crippen molar-refractivity contribution >= 4 is 28.3 Å². The van der Waals surface area contributed by atoms with E-state index in [2.05, 4.69) is 20.3 Å². The molecule has 0 aliphatic heterocycles. The lowest BCUT2D eigenvalue weighted by Gasteiger charge is -2.23. The summed E-state index contributed by atoms with van der Waals surface area (Å²) >= 11 is 6.01. The molecule has 0 saturated carbocycles. The van der Waals surface area contributed by atoms with Crippen molar-refractivity contribution < 1.29 is 13.2 Å². The van der Waals surface area contributed by atoms with Crippen LogP contribution in [0.15, 0.2) is 72.9 Å². The van der Waals surface area contributed by atoms with Crippen LogP contribution in [0.2, 0.25) is 5.28 Å². The van der Waals surface area contributed by atoms with Crippen LogP contribution in [0.5, 0.6) is 0 Å². The van der Waals surface area contributed by atoms with Crippen molar-refractivity contribution in [2.24, 2.45) is 0 Å². The lowest BCUT2D eigenvalue weighted by Crippen LogP contribution is -2.29. The molecule has 4 rings (SSSR count). The van der Waals surface area contributed by atoms with Crippen LogP contribution in [0.25, 0.3) is 22.0 Å². The van der Waals surface area contributed by atoms with Gasteiger partial charge in [-0.15, -0.1) is 0 Å². The molecule has 0 radical (unpaired) electrons. The van der Waals surface area contributed by atoms with Gasteiger partial charge in [-0.05, 0) is 40.9 Å². The van der Waals surface area contributed by atoms with Gasteiger partial charge in [-0.2, -0.15) is 13.2 Å². The van der Waals surface area contributed by atoms with Crippen molar-refractivity contribution in [3.63, 3.8) is 0 Å². The number of hydrogen-bond acceptors (Lipinski definition) is 4. The van der Waals surface area contributed by atoms with Gasteiger partial charge in [0, 0.05) is 6.20 Å². The predicted octanol–water partition coefficient (Wildman–Crippen LogP) is 6.06. The molecular weight excluding hydrogens is 401 g/mol. The first-order valence-electron chi connectivity index (χ1n) is 8.69. The first-order valence-corrected chi connectivity index (χ1v) is 9.07. The number of alkyl halides is 3. The van der Waals surface area contributed by atoms with Gasteiger partial charge in [0.2, 0.25) is 5.28 Å². The molecule has 1 N–H and O–H groups in total. The highest BCUT2D eigenvalue weighted by Gasteiger charge is 2.42. The third-order valence-electron chi connectivity index (χ3n) is 4.37. The second-order valence-corrected chi connectivity index (χ2v) is 6.62. The van der Waals surface area contributed by atoms with Crippen LogP contribution in [-0.4, -0.2) is 21.1 Å². The minimum absolute atomic E-state index is 0.00701. The lowest BCUT2D eigenvalue weighted by molar-refractivity contribution is -0.144. The van der Waals surface area contributed by atoms with Gasteiger partial charge < -0.3 is 5.32 Å². The average Bonchev–Trinajstić information content (AvgIpc) is 2.71. The second kappa shape index (κ2) is 7.67. The van der Waals surface area contributed by atoms with Crippen molar-refractivity contribution in [1.82, 2.24) is 15.0 Å². The van der Waals surface area contributed by atoms with E-state index in [9.17, 15) is 13.2 Å². The third-order valence-corrected chi connectivity index (χ3v) is 4.54. The summed E-state index contributed by atoms with van der Waals surface area (Å²) in [6.07, 6.45) is -3.28. The number of halogens is 4. The van der Waals surface area contributed by atoms with E-state index in [4.69, 9.17) is 11.6 Å². The molecule has 4 nitrogen and oxygen atoms in total. The van der Waals surface area contributed by atoms with E-state index in [1.807, 2.05) is 36.4 Å². The molecule has 2 aromatic heterocycles. The molecule has 0 bridgehead atoms. The first-order chi connectivity index (χ1) is 13.9. The lowest BCUT2D eigenvalue weighted by atomic mass is 10.0. The number of benzene rings is 2. The van der Waals surface area contributed by atoms with Crippen molar-refractivity contribution in [1.29, 1.82) is 0 Å². The number of hydrogen-bond donors (Lipinski definition) is 1. The third kappa shape index (κ3) is 4.00. The molecule has 0 aliphatic carbocycles. The largest absolute Gasteiger partial charge is 0.414 e. The smallest absolute Gasteiger partial charge is 0.353 e. The van der Waals surface area contributed by atoms with Gasteiger partial charge >= 0.3 is 6.18 Å².